The number of nitrogens with zero attached hydrogens (tertiary/aromatic N) is 3. The van der Waals surface area contributed by atoms with Gasteiger partial charge in [0.05, 0.1) is 12.2 Å². The molecule has 19 heavy (non-hydrogen) atoms. The molecule has 0 bridgehead atoms. The maximum absolute atomic E-state index is 9.53. The van der Waals surface area contributed by atoms with Crippen molar-refractivity contribution in [3.05, 3.63) is 17.0 Å². The zero-order valence-corrected chi connectivity index (χ0v) is 11.8. The molecule has 1 aliphatic heterocycles. The molecule has 1 saturated heterocycles. The van der Waals surface area contributed by atoms with Crippen molar-refractivity contribution >= 4 is 17.4 Å². The number of anilines is 1. The van der Waals surface area contributed by atoms with E-state index in [2.05, 4.69) is 14.9 Å². The highest BCUT2D eigenvalue weighted by Gasteiger charge is 2.35. The Balaban J connectivity index is 1.94. The molecule has 2 heterocycles. The third-order valence-electron chi connectivity index (χ3n) is 4.54. The van der Waals surface area contributed by atoms with Crippen LogP contribution in [-0.2, 0) is 6.61 Å². The quantitative estimate of drug-likeness (QED) is 0.847. The molecule has 2 atom stereocenters. The van der Waals surface area contributed by atoms with Gasteiger partial charge in [-0.15, -0.1) is 0 Å². The molecule has 2 unspecified atom stereocenters. The third kappa shape index (κ3) is 2.43. The van der Waals surface area contributed by atoms with Gasteiger partial charge in [-0.05, 0) is 31.6 Å². The maximum Gasteiger partial charge on any atom is 0.140 e. The van der Waals surface area contributed by atoms with Gasteiger partial charge in [-0.2, -0.15) is 0 Å². The van der Waals surface area contributed by atoms with Crippen molar-refractivity contribution in [3.8, 4) is 0 Å². The van der Waals surface area contributed by atoms with Crippen LogP contribution in [0.25, 0.3) is 0 Å². The Morgan fingerprint density at radius 3 is 2.84 bits per heavy atom. The second kappa shape index (κ2) is 5.63. The van der Waals surface area contributed by atoms with Gasteiger partial charge in [0, 0.05) is 12.6 Å². The van der Waals surface area contributed by atoms with Crippen LogP contribution in [0.5, 0.6) is 0 Å². The summed E-state index contributed by atoms with van der Waals surface area (Å²) in [7, 11) is 0. The summed E-state index contributed by atoms with van der Waals surface area (Å²) < 4.78 is 0. The molecule has 2 fully saturated rings. The van der Waals surface area contributed by atoms with E-state index in [1.165, 1.54) is 44.9 Å². The van der Waals surface area contributed by atoms with E-state index in [0.29, 0.717) is 16.8 Å². The van der Waals surface area contributed by atoms with Gasteiger partial charge in [-0.25, -0.2) is 9.97 Å². The van der Waals surface area contributed by atoms with Crippen LogP contribution in [0.15, 0.2) is 6.33 Å². The first kappa shape index (κ1) is 13.1. The molecule has 1 aromatic heterocycles. The number of aliphatic hydroxyl groups is 1. The summed E-state index contributed by atoms with van der Waals surface area (Å²) in [6.07, 6.45) is 9.24. The highest BCUT2D eigenvalue weighted by Crippen LogP contribution is 2.38. The lowest BCUT2D eigenvalue weighted by Gasteiger charge is -2.45. The molecule has 104 valence electrons. The molecule has 1 saturated carbocycles. The number of hydrogen-bond acceptors (Lipinski definition) is 4. The topological polar surface area (TPSA) is 49.3 Å². The van der Waals surface area contributed by atoms with Crippen molar-refractivity contribution < 1.29 is 5.11 Å². The van der Waals surface area contributed by atoms with E-state index in [1.54, 1.807) is 0 Å². The van der Waals surface area contributed by atoms with Crippen molar-refractivity contribution in [1.82, 2.24) is 9.97 Å². The van der Waals surface area contributed by atoms with Gasteiger partial charge in [0.1, 0.15) is 17.3 Å². The Morgan fingerprint density at radius 2 is 2.00 bits per heavy atom. The first-order valence-corrected chi connectivity index (χ1v) is 7.56. The fourth-order valence-corrected chi connectivity index (χ4v) is 3.84. The Kier molecular flexibility index (Phi) is 3.89. The average molecular weight is 282 g/mol. The van der Waals surface area contributed by atoms with E-state index in [4.69, 9.17) is 11.6 Å². The monoisotopic (exact) mass is 281 g/mol. The lowest BCUT2D eigenvalue weighted by atomic mass is 9.78. The molecule has 0 aromatic carbocycles. The van der Waals surface area contributed by atoms with E-state index in [-0.39, 0.29) is 6.61 Å². The van der Waals surface area contributed by atoms with Crippen LogP contribution in [-0.4, -0.2) is 27.7 Å². The fraction of sp³-hybridized carbons (Fsp3) is 0.714. The van der Waals surface area contributed by atoms with Gasteiger partial charge in [0.2, 0.25) is 0 Å². The zero-order valence-electron chi connectivity index (χ0n) is 11.1. The summed E-state index contributed by atoms with van der Waals surface area (Å²) in [5, 5.41) is 9.91. The second-order valence-electron chi connectivity index (χ2n) is 5.57. The van der Waals surface area contributed by atoms with Gasteiger partial charge >= 0.3 is 0 Å². The van der Waals surface area contributed by atoms with Crippen LogP contribution in [0.4, 0.5) is 5.82 Å². The molecule has 0 spiro atoms. The van der Waals surface area contributed by atoms with Crippen molar-refractivity contribution in [3.63, 3.8) is 0 Å². The molecular formula is C14H20ClN3O. The van der Waals surface area contributed by atoms with Crippen LogP contribution in [0, 0.1) is 5.92 Å². The molecule has 0 radical (unpaired) electrons. The van der Waals surface area contributed by atoms with Gasteiger partial charge < -0.3 is 10.0 Å². The molecular weight excluding hydrogens is 262 g/mol. The van der Waals surface area contributed by atoms with Crippen molar-refractivity contribution in [2.24, 2.45) is 5.92 Å². The summed E-state index contributed by atoms with van der Waals surface area (Å²) >= 11 is 6.09. The minimum atomic E-state index is -0.0944. The summed E-state index contributed by atoms with van der Waals surface area (Å²) in [5.41, 5.74) is 0.676. The van der Waals surface area contributed by atoms with Gasteiger partial charge in [-0.3, -0.25) is 0 Å². The SMILES string of the molecule is OCc1c(Cl)ncnc1N1CCCC2CCCCC21. The van der Waals surface area contributed by atoms with Gasteiger partial charge in [0.15, 0.2) is 0 Å². The summed E-state index contributed by atoms with van der Waals surface area (Å²) in [5.74, 6) is 1.63. The van der Waals surface area contributed by atoms with Crippen LogP contribution >= 0.6 is 11.6 Å². The highest BCUT2D eigenvalue weighted by molar-refractivity contribution is 6.30. The van der Waals surface area contributed by atoms with Crippen molar-refractivity contribution in [1.29, 1.82) is 0 Å². The molecule has 3 rings (SSSR count). The van der Waals surface area contributed by atoms with Crippen LogP contribution in [0.1, 0.15) is 44.1 Å². The summed E-state index contributed by atoms with van der Waals surface area (Å²) in [6.45, 7) is 0.921. The number of aliphatic hydroxyl groups excluding tert-OH is 1. The minimum absolute atomic E-state index is 0.0944. The van der Waals surface area contributed by atoms with Crippen LogP contribution in [0.3, 0.4) is 0 Å². The van der Waals surface area contributed by atoms with Gasteiger partial charge in [0.25, 0.3) is 0 Å². The number of fused-ring (bicyclic) bond motifs is 1. The molecule has 4 nitrogen and oxygen atoms in total. The Labute approximate surface area is 118 Å². The number of halogens is 1. The normalized spacial score (nSPS) is 27.2. The Hall–Kier alpha value is -0.870. The minimum Gasteiger partial charge on any atom is -0.391 e. The standard InChI is InChI=1S/C14H20ClN3O/c15-13-11(8-19)14(17-9-16-13)18-7-3-5-10-4-1-2-6-12(10)18/h9-10,12,19H,1-8H2. The third-order valence-corrected chi connectivity index (χ3v) is 4.87. The van der Waals surface area contributed by atoms with Crippen molar-refractivity contribution in [2.45, 2.75) is 51.2 Å². The molecule has 0 amide bonds. The average Bonchev–Trinajstić information content (AvgIpc) is 2.46. The van der Waals surface area contributed by atoms with Gasteiger partial charge in [-0.1, -0.05) is 24.4 Å². The molecule has 5 heteroatoms. The lowest BCUT2D eigenvalue weighted by Crippen LogP contribution is -2.47. The highest BCUT2D eigenvalue weighted by atomic mass is 35.5. The van der Waals surface area contributed by atoms with Crippen molar-refractivity contribution in [2.75, 3.05) is 11.4 Å². The fourth-order valence-electron chi connectivity index (χ4n) is 3.65. The molecule has 1 N–H and O–H groups in total. The predicted octanol–water partition coefficient (Wildman–Crippen LogP) is 2.78. The lowest BCUT2D eigenvalue weighted by molar-refractivity contribution is 0.240. The van der Waals surface area contributed by atoms with E-state index < -0.39 is 0 Å². The first-order chi connectivity index (χ1) is 9.31. The van der Waals surface area contributed by atoms with E-state index in [0.717, 1.165) is 18.3 Å². The van der Waals surface area contributed by atoms with Crippen LogP contribution in [0.2, 0.25) is 5.15 Å². The number of hydrogen-bond donors (Lipinski definition) is 1. The first-order valence-electron chi connectivity index (χ1n) is 7.18. The van der Waals surface area contributed by atoms with E-state index >= 15 is 0 Å². The summed E-state index contributed by atoms with van der Waals surface area (Å²) in [4.78, 5) is 10.7. The summed E-state index contributed by atoms with van der Waals surface area (Å²) in [6, 6.07) is 0.568. The molecule has 2 aliphatic rings. The molecule has 1 aromatic rings. The smallest absolute Gasteiger partial charge is 0.140 e. The zero-order chi connectivity index (χ0) is 13.2. The Morgan fingerprint density at radius 1 is 1.21 bits per heavy atom. The largest absolute Gasteiger partial charge is 0.391 e. The number of aromatic nitrogens is 2. The maximum atomic E-state index is 9.53. The molecule has 1 aliphatic carbocycles. The van der Waals surface area contributed by atoms with E-state index in [9.17, 15) is 5.11 Å². The number of rotatable bonds is 2. The van der Waals surface area contributed by atoms with E-state index in [1.807, 2.05) is 0 Å². The predicted molar refractivity (Wildman–Crippen MR) is 75.3 cm³/mol. The van der Waals surface area contributed by atoms with Crippen LogP contribution < -0.4 is 4.90 Å². The Bertz CT molecular complexity index is 452. The number of piperidine rings is 1. The second-order valence-corrected chi connectivity index (χ2v) is 5.93.